The SMILES string of the molecule is O=C(Nc1ccco1)c1ccc(N(O)C2CCCCC2)cc1. The molecule has 1 aromatic heterocycles. The predicted octanol–water partition coefficient (Wildman–Crippen LogP) is 4.06. The molecule has 0 saturated heterocycles. The van der Waals surface area contributed by atoms with Crippen molar-refractivity contribution in [1.29, 1.82) is 0 Å². The molecule has 1 amide bonds. The summed E-state index contributed by atoms with van der Waals surface area (Å²) in [4.78, 5) is 12.0. The second-order valence-electron chi connectivity index (χ2n) is 5.61. The topological polar surface area (TPSA) is 65.7 Å². The number of rotatable bonds is 4. The van der Waals surface area contributed by atoms with Crippen LogP contribution in [0.25, 0.3) is 0 Å². The van der Waals surface area contributed by atoms with Crippen molar-refractivity contribution in [2.45, 2.75) is 38.1 Å². The minimum absolute atomic E-state index is 0.177. The lowest BCUT2D eigenvalue weighted by Gasteiger charge is -2.30. The minimum atomic E-state index is -0.233. The third kappa shape index (κ3) is 3.31. The minimum Gasteiger partial charge on any atom is -0.449 e. The van der Waals surface area contributed by atoms with E-state index in [-0.39, 0.29) is 11.9 Å². The number of hydroxylamine groups is 1. The molecule has 5 heteroatoms. The van der Waals surface area contributed by atoms with Crippen LogP contribution in [0, 0.1) is 0 Å². The molecule has 0 aliphatic heterocycles. The molecule has 1 aliphatic carbocycles. The highest BCUT2D eigenvalue weighted by Crippen LogP contribution is 2.26. The van der Waals surface area contributed by atoms with Gasteiger partial charge in [-0.3, -0.25) is 20.4 Å². The third-order valence-corrected chi connectivity index (χ3v) is 4.07. The number of hydrogen-bond donors (Lipinski definition) is 2. The van der Waals surface area contributed by atoms with Gasteiger partial charge in [0.2, 0.25) is 0 Å². The number of carbonyl (C=O) groups excluding carboxylic acids is 1. The molecule has 1 fully saturated rings. The zero-order chi connectivity index (χ0) is 15.4. The van der Waals surface area contributed by atoms with Crippen LogP contribution < -0.4 is 10.4 Å². The van der Waals surface area contributed by atoms with Crippen molar-refractivity contribution >= 4 is 17.5 Å². The fourth-order valence-electron chi connectivity index (χ4n) is 2.84. The van der Waals surface area contributed by atoms with Gasteiger partial charge in [0.15, 0.2) is 5.88 Å². The molecule has 0 atom stereocenters. The highest BCUT2D eigenvalue weighted by molar-refractivity contribution is 6.03. The van der Waals surface area contributed by atoms with Crippen molar-refractivity contribution in [3.8, 4) is 0 Å². The summed E-state index contributed by atoms with van der Waals surface area (Å²) in [6.45, 7) is 0. The number of nitrogens with zero attached hydrogens (tertiary/aromatic N) is 1. The first-order chi connectivity index (χ1) is 10.7. The third-order valence-electron chi connectivity index (χ3n) is 4.07. The van der Waals surface area contributed by atoms with Crippen molar-refractivity contribution in [3.63, 3.8) is 0 Å². The van der Waals surface area contributed by atoms with Gasteiger partial charge in [-0.1, -0.05) is 19.3 Å². The Morgan fingerprint density at radius 2 is 1.86 bits per heavy atom. The molecule has 0 bridgehead atoms. The van der Waals surface area contributed by atoms with Gasteiger partial charge in [-0.25, -0.2) is 0 Å². The van der Waals surface area contributed by atoms with E-state index in [9.17, 15) is 10.0 Å². The van der Waals surface area contributed by atoms with E-state index in [1.165, 1.54) is 17.7 Å². The molecule has 1 aliphatic rings. The molecule has 22 heavy (non-hydrogen) atoms. The Kier molecular flexibility index (Phi) is 4.44. The maximum Gasteiger partial charge on any atom is 0.257 e. The molecule has 5 nitrogen and oxygen atoms in total. The first-order valence-corrected chi connectivity index (χ1v) is 7.67. The number of hydrogen-bond acceptors (Lipinski definition) is 4. The Morgan fingerprint density at radius 3 is 2.50 bits per heavy atom. The highest BCUT2D eigenvalue weighted by atomic mass is 16.5. The average molecular weight is 300 g/mol. The number of carbonyl (C=O) groups is 1. The van der Waals surface area contributed by atoms with Crippen LogP contribution in [0.1, 0.15) is 42.5 Å². The van der Waals surface area contributed by atoms with Crippen molar-refractivity contribution in [3.05, 3.63) is 48.2 Å². The Bertz CT molecular complexity index is 601. The second kappa shape index (κ2) is 6.66. The summed E-state index contributed by atoms with van der Waals surface area (Å²) in [6, 6.07) is 10.5. The molecule has 2 aromatic rings. The Labute approximate surface area is 129 Å². The highest BCUT2D eigenvalue weighted by Gasteiger charge is 2.20. The van der Waals surface area contributed by atoms with Crippen LogP contribution >= 0.6 is 0 Å². The van der Waals surface area contributed by atoms with Gasteiger partial charge >= 0.3 is 0 Å². The monoisotopic (exact) mass is 300 g/mol. The zero-order valence-electron chi connectivity index (χ0n) is 12.4. The van der Waals surface area contributed by atoms with Gasteiger partial charge in [-0.2, -0.15) is 0 Å². The fourth-order valence-corrected chi connectivity index (χ4v) is 2.84. The molecule has 0 radical (unpaired) electrons. The van der Waals surface area contributed by atoms with Crippen LogP contribution in [-0.4, -0.2) is 17.2 Å². The zero-order valence-corrected chi connectivity index (χ0v) is 12.4. The van der Waals surface area contributed by atoms with Gasteiger partial charge in [0, 0.05) is 11.6 Å². The molecule has 3 rings (SSSR count). The van der Waals surface area contributed by atoms with Crippen LogP contribution in [-0.2, 0) is 0 Å². The van der Waals surface area contributed by atoms with E-state index >= 15 is 0 Å². The normalized spacial score (nSPS) is 15.5. The van der Waals surface area contributed by atoms with Crippen molar-refractivity contribution < 1.29 is 14.4 Å². The molecular weight excluding hydrogens is 280 g/mol. The molecule has 1 heterocycles. The van der Waals surface area contributed by atoms with E-state index < -0.39 is 0 Å². The summed E-state index contributed by atoms with van der Waals surface area (Å²) in [7, 11) is 0. The number of furan rings is 1. The maximum absolute atomic E-state index is 12.0. The largest absolute Gasteiger partial charge is 0.449 e. The summed E-state index contributed by atoms with van der Waals surface area (Å²) in [5.41, 5.74) is 1.25. The van der Waals surface area contributed by atoms with Crippen LogP contribution in [0.4, 0.5) is 11.6 Å². The first-order valence-electron chi connectivity index (χ1n) is 7.67. The summed E-state index contributed by atoms with van der Waals surface area (Å²) in [6.07, 6.45) is 7.09. The van der Waals surface area contributed by atoms with Crippen molar-refractivity contribution in [1.82, 2.24) is 0 Å². The molecule has 1 aromatic carbocycles. The molecule has 0 unspecified atom stereocenters. The van der Waals surface area contributed by atoms with Gasteiger partial charge in [0.1, 0.15) is 0 Å². The molecular formula is C17H20N2O3. The molecule has 116 valence electrons. The lowest BCUT2D eigenvalue weighted by Crippen LogP contribution is -2.33. The Hall–Kier alpha value is -2.27. The summed E-state index contributed by atoms with van der Waals surface area (Å²) in [5, 5.41) is 14.3. The first kappa shape index (κ1) is 14.7. The lowest BCUT2D eigenvalue weighted by molar-refractivity contribution is 0.102. The van der Waals surface area contributed by atoms with E-state index in [0.29, 0.717) is 11.4 Å². The van der Waals surface area contributed by atoms with Gasteiger partial charge in [0.25, 0.3) is 5.91 Å². The molecule has 0 spiro atoms. The lowest BCUT2D eigenvalue weighted by atomic mass is 9.95. The Balaban J connectivity index is 1.65. The number of benzene rings is 1. The standard InChI is InChI=1S/C17H20N2O3/c20-17(18-16-7-4-12-22-16)13-8-10-15(11-9-13)19(21)14-5-2-1-3-6-14/h4,7-12,14,21H,1-3,5-6H2,(H,18,20). The smallest absolute Gasteiger partial charge is 0.257 e. The summed E-state index contributed by atoms with van der Waals surface area (Å²) >= 11 is 0. The Morgan fingerprint density at radius 1 is 1.14 bits per heavy atom. The van der Waals surface area contributed by atoms with Crippen LogP contribution in [0.5, 0.6) is 0 Å². The van der Waals surface area contributed by atoms with E-state index in [2.05, 4.69) is 5.32 Å². The van der Waals surface area contributed by atoms with Gasteiger partial charge in [0.05, 0.1) is 18.0 Å². The van der Waals surface area contributed by atoms with Crippen LogP contribution in [0.2, 0.25) is 0 Å². The summed E-state index contributed by atoms with van der Waals surface area (Å²) < 4.78 is 5.09. The molecule has 2 N–H and O–H groups in total. The summed E-state index contributed by atoms with van der Waals surface area (Å²) in [5.74, 6) is 0.184. The van der Waals surface area contributed by atoms with E-state index in [0.717, 1.165) is 31.4 Å². The van der Waals surface area contributed by atoms with Crippen LogP contribution in [0.3, 0.4) is 0 Å². The van der Waals surface area contributed by atoms with E-state index in [1.54, 1.807) is 36.4 Å². The number of amides is 1. The van der Waals surface area contributed by atoms with Gasteiger partial charge in [-0.15, -0.1) is 0 Å². The molecule has 1 saturated carbocycles. The fraction of sp³-hybridized carbons (Fsp3) is 0.353. The quantitative estimate of drug-likeness (QED) is 0.836. The maximum atomic E-state index is 12.0. The predicted molar refractivity (Wildman–Crippen MR) is 84.2 cm³/mol. The average Bonchev–Trinajstić information content (AvgIpc) is 3.08. The van der Waals surface area contributed by atoms with Crippen LogP contribution in [0.15, 0.2) is 47.1 Å². The second-order valence-corrected chi connectivity index (χ2v) is 5.61. The van der Waals surface area contributed by atoms with Gasteiger partial charge in [-0.05, 0) is 43.2 Å². The van der Waals surface area contributed by atoms with E-state index in [1.807, 2.05) is 0 Å². The number of anilines is 2. The van der Waals surface area contributed by atoms with E-state index in [4.69, 9.17) is 4.42 Å². The van der Waals surface area contributed by atoms with Crippen molar-refractivity contribution in [2.24, 2.45) is 0 Å². The number of nitrogens with one attached hydrogen (secondary N) is 1. The van der Waals surface area contributed by atoms with Gasteiger partial charge < -0.3 is 4.42 Å². The van der Waals surface area contributed by atoms with Crippen molar-refractivity contribution in [2.75, 3.05) is 10.4 Å².